The molecule has 0 aliphatic rings. The minimum atomic E-state index is -0.364. The molecule has 4 nitrogen and oxygen atoms in total. The molecule has 0 spiro atoms. The van der Waals surface area contributed by atoms with Crippen molar-refractivity contribution in [3.63, 3.8) is 0 Å². The van der Waals surface area contributed by atoms with Crippen LogP contribution in [0, 0.1) is 5.82 Å². The summed E-state index contributed by atoms with van der Waals surface area (Å²) in [6.07, 6.45) is 0. The highest BCUT2D eigenvalue weighted by Gasteiger charge is 2.16. The Morgan fingerprint density at radius 1 is 1.17 bits per heavy atom. The van der Waals surface area contributed by atoms with Crippen LogP contribution in [0.2, 0.25) is 5.02 Å². The summed E-state index contributed by atoms with van der Waals surface area (Å²) in [6.45, 7) is 0. The van der Waals surface area contributed by atoms with Gasteiger partial charge in [-0.15, -0.1) is 10.2 Å². The maximum Gasteiger partial charge on any atom is 0.191 e. The van der Waals surface area contributed by atoms with Crippen LogP contribution in [0.3, 0.4) is 0 Å². The lowest BCUT2D eigenvalue weighted by Crippen LogP contribution is -2.04. The second-order valence-corrected chi connectivity index (χ2v) is 6.39. The molecule has 0 saturated carbocycles. The third-order valence-electron chi connectivity index (χ3n) is 3.46. The van der Waals surface area contributed by atoms with Crippen LogP contribution in [-0.2, 0) is 7.05 Å². The van der Waals surface area contributed by atoms with Crippen molar-refractivity contribution in [2.24, 2.45) is 7.05 Å². The van der Waals surface area contributed by atoms with Gasteiger partial charge >= 0.3 is 0 Å². The second-order valence-electron chi connectivity index (χ2n) is 5.04. The highest BCUT2D eigenvalue weighted by molar-refractivity contribution is 7.99. The van der Waals surface area contributed by atoms with E-state index in [9.17, 15) is 9.18 Å². The zero-order chi connectivity index (χ0) is 17.1. The molecule has 24 heavy (non-hydrogen) atoms. The van der Waals surface area contributed by atoms with E-state index in [0.717, 1.165) is 0 Å². The standard InChI is InChI=1S/C17H13ClFN3OS/c1-22-16(12-7-3-5-9-14(12)19)20-21-17(22)24-10-15(23)11-6-2-4-8-13(11)18/h2-9H,10H2,1H3. The van der Waals surface area contributed by atoms with Crippen LogP contribution < -0.4 is 0 Å². The van der Waals surface area contributed by atoms with Crippen LogP contribution in [0.5, 0.6) is 0 Å². The van der Waals surface area contributed by atoms with E-state index in [1.54, 1.807) is 54.1 Å². The molecule has 3 aromatic rings. The third-order valence-corrected chi connectivity index (χ3v) is 4.81. The molecule has 1 aromatic heterocycles. The van der Waals surface area contributed by atoms with Gasteiger partial charge in [0.15, 0.2) is 16.8 Å². The summed E-state index contributed by atoms with van der Waals surface area (Å²) >= 11 is 7.27. The van der Waals surface area contributed by atoms with E-state index >= 15 is 0 Å². The Labute approximate surface area is 147 Å². The molecular weight excluding hydrogens is 349 g/mol. The van der Waals surface area contributed by atoms with Crippen molar-refractivity contribution in [1.29, 1.82) is 0 Å². The van der Waals surface area contributed by atoms with Crippen molar-refractivity contribution in [1.82, 2.24) is 14.8 Å². The van der Waals surface area contributed by atoms with Crippen molar-refractivity contribution in [3.8, 4) is 11.4 Å². The number of benzene rings is 2. The maximum atomic E-state index is 13.9. The van der Waals surface area contributed by atoms with E-state index in [2.05, 4.69) is 10.2 Å². The first-order valence-corrected chi connectivity index (χ1v) is 8.49. The Morgan fingerprint density at radius 3 is 2.62 bits per heavy atom. The fraction of sp³-hybridized carbons (Fsp3) is 0.118. The summed E-state index contributed by atoms with van der Waals surface area (Å²) in [4.78, 5) is 12.3. The summed E-state index contributed by atoms with van der Waals surface area (Å²) < 4.78 is 15.6. The number of Topliss-reactive ketones (excluding diaryl/α,β-unsaturated/α-hetero) is 1. The number of aromatic nitrogens is 3. The second kappa shape index (κ2) is 7.15. The van der Waals surface area contributed by atoms with Crippen LogP contribution >= 0.6 is 23.4 Å². The Morgan fingerprint density at radius 2 is 1.88 bits per heavy atom. The highest BCUT2D eigenvalue weighted by atomic mass is 35.5. The molecule has 0 aliphatic heterocycles. The molecule has 0 fully saturated rings. The van der Waals surface area contributed by atoms with Crippen LogP contribution in [0.4, 0.5) is 4.39 Å². The number of carbonyl (C=O) groups excluding carboxylic acids is 1. The lowest BCUT2D eigenvalue weighted by molar-refractivity contribution is 0.102. The molecule has 0 saturated heterocycles. The van der Waals surface area contributed by atoms with Crippen molar-refractivity contribution in [2.45, 2.75) is 5.16 Å². The van der Waals surface area contributed by atoms with Crippen molar-refractivity contribution in [2.75, 3.05) is 5.75 Å². The maximum absolute atomic E-state index is 13.9. The SMILES string of the molecule is Cn1c(SCC(=O)c2ccccc2Cl)nnc1-c1ccccc1F. The van der Waals surface area contributed by atoms with E-state index in [0.29, 0.717) is 27.1 Å². The minimum absolute atomic E-state index is 0.0963. The van der Waals surface area contributed by atoms with Gasteiger partial charge in [-0.25, -0.2) is 4.39 Å². The molecule has 0 N–H and O–H groups in total. The zero-order valence-electron chi connectivity index (χ0n) is 12.7. The fourth-order valence-corrected chi connectivity index (χ4v) is 3.25. The first kappa shape index (κ1) is 16.7. The first-order chi connectivity index (χ1) is 11.6. The molecule has 7 heteroatoms. The summed E-state index contributed by atoms with van der Waals surface area (Å²) in [7, 11) is 1.74. The largest absolute Gasteiger partial charge is 0.305 e. The Balaban J connectivity index is 1.77. The van der Waals surface area contributed by atoms with Crippen molar-refractivity contribution >= 4 is 29.1 Å². The predicted octanol–water partition coefficient (Wildman–Crippen LogP) is 4.25. The molecule has 122 valence electrons. The molecule has 0 bridgehead atoms. The molecule has 0 aliphatic carbocycles. The molecule has 0 unspecified atom stereocenters. The van der Waals surface area contributed by atoms with Crippen molar-refractivity contribution in [3.05, 3.63) is 64.9 Å². The number of halogens is 2. The van der Waals surface area contributed by atoms with E-state index in [1.165, 1.54) is 17.8 Å². The van der Waals surface area contributed by atoms with E-state index in [1.807, 2.05) is 0 Å². The lowest BCUT2D eigenvalue weighted by Gasteiger charge is -2.05. The number of thioether (sulfide) groups is 1. The Hall–Kier alpha value is -2.18. The smallest absolute Gasteiger partial charge is 0.191 e. The summed E-state index contributed by atoms with van der Waals surface area (Å²) in [6, 6.07) is 13.3. The van der Waals surface area contributed by atoms with Crippen LogP contribution in [-0.4, -0.2) is 26.3 Å². The normalized spacial score (nSPS) is 10.8. The lowest BCUT2D eigenvalue weighted by atomic mass is 10.1. The number of hydrogen-bond donors (Lipinski definition) is 0. The van der Waals surface area contributed by atoms with Gasteiger partial charge in [-0.2, -0.15) is 0 Å². The molecule has 3 rings (SSSR count). The fourth-order valence-electron chi connectivity index (χ4n) is 2.21. The average Bonchev–Trinajstić information content (AvgIpc) is 2.94. The molecular formula is C17H13ClFN3OS. The zero-order valence-corrected chi connectivity index (χ0v) is 14.3. The van der Waals surface area contributed by atoms with E-state index in [4.69, 9.17) is 11.6 Å². The first-order valence-electron chi connectivity index (χ1n) is 7.12. The molecule has 0 amide bonds. The predicted molar refractivity (Wildman–Crippen MR) is 92.9 cm³/mol. The van der Waals surface area contributed by atoms with Gasteiger partial charge in [-0.1, -0.05) is 47.6 Å². The van der Waals surface area contributed by atoms with Crippen LogP contribution in [0.15, 0.2) is 53.7 Å². The van der Waals surface area contributed by atoms with Gasteiger partial charge in [0.2, 0.25) is 0 Å². The van der Waals surface area contributed by atoms with Gasteiger partial charge < -0.3 is 4.57 Å². The Bertz CT molecular complexity index is 897. The van der Waals surface area contributed by atoms with Gasteiger partial charge in [0.25, 0.3) is 0 Å². The summed E-state index contributed by atoms with van der Waals surface area (Å²) in [5, 5.41) is 9.04. The summed E-state index contributed by atoms with van der Waals surface area (Å²) in [5.41, 5.74) is 0.847. The van der Waals surface area contributed by atoms with Gasteiger partial charge in [0, 0.05) is 12.6 Å². The van der Waals surface area contributed by atoms with E-state index in [-0.39, 0.29) is 17.4 Å². The van der Waals surface area contributed by atoms with Gasteiger partial charge in [-0.3, -0.25) is 4.79 Å². The average molecular weight is 362 g/mol. The molecule has 0 atom stereocenters. The third kappa shape index (κ3) is 3.34. The van der Waals surface area contributed by atoms with E-state index < -0.39 is 0 Å². The number of nitrogens with zero attached hydrogens (tertiary/aromatic N) is 3. The number of rotatable bonds is 5. The highest BCUT2D eigenvalue weighted by Crippen LogP contribution is 2.25. The minimum Gasteiger partial charge on any atom is -0.305 e. The quantitative estimate of drug-likeness (QED) is 0.503. The van der Waals surface area contributed by atoms with Gasteiger partial charge in [0.1, 0.15) is 5.82 Å². The van der Waals surface area contributed by atoms with Gasteiger partial charge in [-0.05, 0) is 24.3 Å². The number of carbonyl (C=O) groups is 1. The van der Waals surface area contributed by atoms with Crippen LogP contribution in [0.1, 0.15) is 10.4 Å². The van der Waals surface area contributed by atoms with Crippen LogP contribution in [0.25, 0.3) is 11.4 Å². The monoisotopic (exact) mass is 361 g/mol. The summed E-state index contributed by atoms with van der Waals surface area (Å²) in [5.74, 6) is 0.131. The number of ketones is 1. The molecule has 1 heterocycles. The Kier molecular flexibility index (Phi) is 4.97. The number of hydrogen-bond acceptors (Lipinski definition) is 4. The molecule has 2 aromatic carbocycles. The van der Waals surface area contributed by atoms with Gasteiger partial charge in [0.05, 0.1) is 16.3 Å². The topological polar surface area (TPSA) is 47.8 Å². The van der Waals surface area contributed by atoms with Crippen molar-refractivity contribution < 1.29 is 9.18 Å². The molecule has 0 radical (unpaired) electrons.